The largest absolute Gasteiger partial charge is 0.491 e. The van der Waals surface area contributed by atoms with Crippen LogP contribution in [0.4, 0.5) is 4.79 Å². The van der Waals surface area contributed by atoms with Crippen molar-refractivity contribution in [1.82, 2.24) is 15.1 Å². The maximum absolute atomic E-state index is 14.5. The van der Waals surface area contributed by atoms with Gasteiger partial charge in [0.2, 0.25) is 0 Å². The van der Waals surface area contributed by atoms with Crippen LogP contribution in [0.3, 0.4) is 0 Å². The number of nitrogens with one attached hydrogen (secondary N) is 1. The Morgan fingerprint density at radius 2 is 1.43 bits per heavy atom. The minimum absolute atomic E-state index is 0. The molecule has 1 saturated heterocycles. The van der Waals surface area contributed by atoms with Gasteiger partial charge < -0.3 is 19.7 Å². The molecule has 1 fully saturated rings. The van der Waals surface area contributed by atoms with Gasteiger partial charge in [0.15, 0.2) is 0 Å². The monoisotopic (exact) mass is 630 g/mol. The third kappa shape index (κ3) is 7.14. The van der Waals surface area contributed by atoms with Crippen LogP contribution in [-0.2, 0) is 0 Å². The SMILES string of the molecule is CC(C)Oc1ccc(OC(C)C)c(C2=NC(c3ccc(Cl)cc3)C(c3ccc(Cl)cc3)N2C(=O)N2CCNCC2)c1.Cl. The summed E-state index contributed by atoms with van der Waals surface area (Å²) < 4.78 is 12.3. The average Bonchev–Trinajstić information content (AvgIpc) is 3.34. The van der Waals surface area contributed by atoms with Gasteiger partial charge >= 0.3 is 6.03 Å². The smallest absolute Gasteiger partial charge is 0.326 e. The molecule has 0 radical (unpaired) electrons. The van der Waals surface area contributed by atoms with Gasteiger partial charge in [-0.05, 0) is 81.3 Å². The second-order valence-electron chi connectivity index (χ2n) is 10.8. The fourth-order valence-electron chi connectivity index (χ4n) is 5.25. The van der Waals surface area contributed by atoms with Crippen molar-refractivity contribution in [3.8, 4) is 11.5 Å². The maximum atomic E-state index is 14.5. The second kappa shape index (κ2) is 14.0. The fourth-order valence-corrected chi connectivity index (χ4v) is 5.50. The van der Waals surface area contributed by atoms with Gasteiger partial charge in [0, 0.05) is 36.2 Å². The van der Waals surface area contributed by atoms with Crippen LogP contribution < -0.4 is 14.8 Å². The van der Waals surface area contributed by atoms with E-state index >= 15 is 0 Å². The predicted octanol–water partition coefficient (Wildman–Crippen LogP) is 7.56. The maximum Gasteiger partial charge on any atom is 0.326 e. The first-order valence-electron chi connectivity index (χ1n) is 14.1. The Morgan fingerprint density at radius 1 is 0.857 bits per heavy atom. The first-order chi connectivity index (χ1) is 19.7. The number of carbonyl (C=O) groups excluding carboxylic acids is 1. The Morgan fingerprint density at radius 3 is 2.00 bits per heavy atom. The van der Waals surface area contributed by atoms with E-state index in [2.05, 4.69) is 5.32 Å². The van der Waals surface area contributed by atoms with Crippen LogP contribution in [0, 0.1) is 0 Å². The normalized spacial score (nSPS) is 18.6. The highest BCUT2D eigenvalue weighted by Gasteiger charge is 2.44. The van der Waals surface area contributed by atoms with Gasteiger partial charge in [-0.2, -0.15) is 0 Å². The minimum atomic E-state index is -0.424. The van der Waals surface area contributed by atoms with Crippen LogP contribution in [0.15, 0.2) is 71.7 Å². The summed E-state index contributed by atoms with van der Waals surface area (Å²) in [4.78, 5) is 23.5. The van der Waals surface area contributed by atoms with E-state index in [0.29, 0.717) is 46.0 Å². The molecule has 1 N–H and O–H groups in total. The van der Waals surface area contributed by atoms with Gasteiger partial charge in [0.25, 0.3) is 0 Å². The molecule has 0 spiro atoms. The van der Waals surface area contributed by atoms with E-state index < -0.39 is 12.1 Å². The van der Waals surface area contributed by atoms with Gasteiger partial charge in [-0.25, -0.2) is 4.79 Å². The summed E-state index contributed by atoms with van der Waals surface area (Å²) in [7, 11) is 0. The van der Waals surface area contributed by atoms with Gasteiger partial charge in [0.1, 0.15) is 23.4 Å². The molecule has 3 aromatic carbocycles. The number of ether oxygens (including phenoxy) is 2. The van der Waals surface area contributed by atoms with Crippen molar-refractivity contribution in [2.75, 3.05) is 26.2 Å². The Hall–Kier alpha value is -2.97. The second-order valence-corrected chi connectivity index (χ2v) is 11.7. The zero-order valence-corrected chi connectivity index (χ0v) is 26.5. The van der Waals surface area contributed by atoms with Crippen molar-refractivity contribution in [1.29, 1.82) is 0 Å². The Labute approximate surface area is 264 Å². The van der Waals surface area contributed by atoms with Crippen molar-refractivity contribution in [3.63, 3.8) is 0 Å². The van der Waals surface area contributed by atoms with Gasteiger partial charge in [-0.3, -0.25) is 9.89 Å². The molecule has 2 amide bonds. The number of benzene rings is 3. The molecule has 0 aliphatic carbocycles. The summed E-state index contributed by atoms with van der Waals surface area (Å²) in [5.41, 5.74) is 2.58. The number of hydrogen-bond donors (Lipinski definition) is 1. The predicted molar refractivity (Wildman–Crippen MR) is 172 cm³/mol. The Bertz CT molecular complexity index is 1390. The molecule has 5 rings (SSSR count). The average molecular weight is 632 g/mol. The first kappa shape index (κ1) is 32.0. The standard InChI is InChI=1S/C32H36Cl2N4O3.ClH/c1-20(2)40-26-13-14-28(41-21(3)4)27(19-26)31-36-29(22-5-9-24(33)10-6-22)30(23-7-11-25(34)12-8-23)38(31)32(39)37-17-15-35-16-18-37;/h5-14,19-21,29-30,35H,15-18H2,1-4H3;1H. The van der Waals surface area contributed by atoms with Gasteiger partial charge in [0.05, 0.1) is 23.8 Å². The van der Waals surface area contributed by atoms with E-state index in [4.69, 9.17) is 37.7 Å². The van der Waals surface area contributed by atoms with Crippen LogP contribution in [0.2, 0.25) is 10.0 Å². The number of rotatable bonds is 7. The lowest BCUT2D eigenvalue weighted by molar-refractivity contribution is 0.157. The third-order valence-corrected chi connectivity index (χ3v) is 7.51. The van der Waals surface area contributed by atoms with E-state index in [-0.39, 0.29) is 30.6 Å². The highest BCUT2D eigenvalue weighted by atomic mass is 35.5. The number of urea groups is 1. The highest BCUT2D eigenvalue weighted by molar-refractivity contribution is 6.30. The van der Waals surface area contributed by atoms with Crippen LogP contribution in [0.1, 0.15) is 56.5 Å². The van der Waals surface area contributed by atoms with Gasteiger partial charge in [-0.15, -0.1) is 12.4 Å². The van der Waals surface area contributed by atoms with Gasteiger partial charge in [-0.1, -0.05) is 47.5 Å². The van der Waals surface area contributed by atoms with Crippen LogP contribution in [-0.4, -0.2) is 60.1 Å². The van der Waals surface area contributed by atoms with Crippen molar-refractivity contribution in [2.45, 2.75) is 52.0 Å². The number of amides is 2. The Kier molecular flexibility index (Phi) is 10.7. The zero-order valence-electron chi connectivity index (χ0n) is 24.2. The van der Waals surface area contributed by atoms with E-state index in [1.807, 2.05) is 104 Å². The molecule has 0 aromatic heterocycles. The fraction of sp³-hybridized carbons (Fsp3) is 0.375. The topological polar surface area (TPSA) is 66.4 Å². The van der Waals surface area contributed by atoms with E-state index in [9.17, 15) is 4.79 Å². The van der Waals surface area contributed by atoms with E-state index in [1.54, 1.807) is 0 Å². The van der Waals surface area contributed by atoms with E-state index in [1.165, 1.54) is 0 Å². The quantitative estimate of drug-likeness (QED) is 0.292. The van der Waals surface area contributed by atoms with Crippen LogP contribution in [0.25, 0.3) is 0 Å². The number of carbonyl (C=O) groups is 1. The summed E-state index contributed by atoms with van der Waals surface area (Å²) in [5, 5.41) is 4.61. The lowest BCUT2D eigenvalue weighted by Gasteiger charge is -2.36. The number of hydrogen-bond acceptors (Lipinski definition) is 5. The molecule has 224 valence electrons. The minimum Gasteiger partial charge on any atom is -0.491 e. The van der Waals surface area contributed by atoms with Crippen LogP contribution in [0.5, 0.6) is 11.5 Å². The number of nitrogens with zero attached hydrogens (tertiary/aromatic N) is 3. The summed E-state index contributed by atoms with van der Waals surface area (Å²) in [6, 6.07) is 20.1. The lowest BCUT2D eigenvalue weighted by atomic mass is 9.93. The molecule has 0 bridgehead atoms. The molecule has 3 aromatic rings. The summed E-state index contributed by atoms with van der Waals surface area (Å²) in [6.07, 6.45) is -0.100. The molecule has 2 aliphatic rings. The zero-order chi connectivity index (χ0) is 29.1. The number of aliphatic imine (C=N–C) groups is 1. The Balaban J connectivity index is 0.00000405. The van der Waals surface area contributed by atoms with Crippen molar-refractivity contribution < 1.29 is 14.3 Å². The molecule has 2 aliphatic heterocycles. The first-order valence-corrected chi connectivity index (χ1v) is 14.8. The van der Waals surface area contributed by atoms with Crippen LogP contribution >= 0.6 is 35.6 Å². The van der Waals surface area contributed by atoms with Crippen molar-refractivity contribution in [3.05, 3.63) is 93.5 Å². The van der Waals surface area contributed by atoms with Crippen molar-refractivity contribution in [2.24, 2.45) is 4.99 Å². The number of halogens is 3. The number of piperazine rings is 1. The lowest BCUT2D eigenvalue weighted by Crippen LogP contribution is -2.53. The summed E-state index contributed by atoms with van der Waals surface area (Å²) >= 11 is 12.6. The molecule has 10 heteroatoms. The number of amidine groups is 1. The molecule has 7 nitrogen and oxygen atoms in total. The molecule has 2 heterocycles. The molecule has 2 unspecified atom stereocenters. The third-order valence-electron chi connectivity index (χ3n) is 7.01. The molecular formula is C32H37Cl3N4O3. The summed E-state index contributed by atoms with van der Waals surface area (Å²) in [5.74, 6) is 1.86. The summed E-state index contributed by atoms with van der Waals surface area (Å²) in [6.45, 7) is 10.6. The molecule has 2 atom stereocenters. The van der Waals surface area contributed by atoms with E-state index in [0.717, 1.165) is 24.2 Å². The van der Waals surface area contributed by atoms with Crippen molar-refractivity contribution >= 4 is 47.5 Å². The molecule has 0 saturated carbocycles. The highest BCUT2D eigenvalue weighted by Crippen LogP contribution is 2.46. The molecular weight excluding hydrogens is 595 g/mol. The molecule has 42 heavy (non-hydrogen) atoms.